The van der Waals surface area contributed by atoms with Gasteiger partial charge in [0.15, 0.2) is 0 Å². The molecule has 0 spiro atoms. The summed E-state index contributed by atoms with van der Waals surface area (Å²) >= 11 is 6.07. The van der Waals surface area contributed by atoms with Crippen LogP contribution < -0.4 is 10.9 Å². The summed E-state index contributed by atoms with van der Waals surface area (Å²) < 4.78 is 5.50. The fourth-order valence-electron chi connectivity index (χ4n) is 2.24. The zero-order valence-electron chi connectivity index (χ0n) is 12.1. The van der Waals surface area contributed by atoms with Crippen molar-refractivity contribution < 1.29 is 9.53 Å². The van der Waals surface area contributed by atoms with Gasteiger partial charge >= 0.3 is 5.97 Å². The predicted molar refractivity (Wildman–Crippen MR) is 79.7 cm³/mol. The van der Waals surface area contributed by atoms with E-state index < -0.39 is 11.5 Å². The first kappa shape index (κ1) is 15.8. The molecule has 1 aliphatic rings. The van der Waals surface area contributed by atoms with E-state index in [2.05, 4.69) is 27.1 Å². The van der Waals surface area contributed by atoms with Crippen LogP contribution in [-0.4, -0.2) is 53.9 Å². The molecule has 0 radical (unpaired) electrons. The third-order valence-electron chi connectivity index (χ3n) is 3.57. The smallest absolute Gasteiger partial charge is 0.327 e. The first-order valence-electron chi connectivity index (χ1n) is 6.78. The van der Waals surface area contributed by atoms with E-state index in [0.717, 1.165) is 30.6 Å². The number of carbonyl (C=O) groups excluding carboxylic acids is 1. The van der Waals surface area contributed by atoms with Gasteiger partial charge in [0.25, 0.3) is 5.56 Å². The average Bonchev–Trinajstić information content (AvgIpc) is 2.49. The van der Waals surface area contributed by atoms with Crippen molar-refractivity contribution in [1.29, 1.82) is 0 Å². The van der Waals surface area contributed by atoms with Gasteiger partial charge in [0.1, 0.15) is 11.6 Å². The molecule has 0 aliphatic carbocycles. The van der Waals surface area contributed by atoms with E-state index in [1.54, 1.807) is 0 Å². The van der Waals surface area contributed by atoms with Gasteiger partial charge in [-0.2, -0.15) is 5.10 Å². The monoisotopic (exact) mass is 314 g/mol. The zero-order valence-corrected chi connectivity index (χ0v) is 12.9. The Balaban J connectivity index is 2.09. The van der Waals surface area contributed by atoms with E-state index in [-0.39, 0.29) is 17.6 Å². The van der Waals surface area contributed by atoms with Gasteiger partial charge in [-0.3, -0.25) is 9.59 Å². The maximum absolute atomic E-state index is 12.0. The lowest BCUT2D eigenvalue weighted by Crippen LogP contribution is -2.37. The van der Waals surface area contributed by atoms with Crippen LogP contribution in [0, 0.1) is 0 Å². The number of piperidine rings is 1. The highest BCUT2D eigenvalue weighted by atomic mass is 35.5. The summed E-state index contributed by atoms with van der Waals surface area (Å²) in [5.74, 6) is -0.545. The van der Waals surface area contributed by atoms with Crippen molar-refractivity contribution in [1.82, 2.24) is 14.7 Å². The van der Waals surface area contributed by atoms with Gasteiger partial charge in [-0.25, -0.2) is 4.68 Å². The molecule has 1 saturated heterocycles. The quantitative estimate of drug-likeness (QED) is 0.819. The molecule has 0 saturated carbocycles. The van der Waals surface area contributed by atoms with Crippen LogP contribution in [0.3, 0.4) is 0 Å². The lowest BCUT2D eigenvalue weighted by molar-refractivity contribution is -0.141. The van der Waals surface area contributed by atoms with Crippen LogP contribution in [-0.2, 0) is 16.1 Å². The second kappa shape index (κ2) is 6.91. The van der Waals surface area contributed by atoms with E-state index in [4.69, 9.17) is 11.6 Å². The molecule has 0 atom stereocenters. The van der Waals surface area contributed by atoms with Crippen molar-refractivity contribution >= 4 is 23.3 Å². The maximum atomic E-state index is 12.0. The number of rotatable bonds is 4. The predicted octanol–water partition coefficient (Wildman–Crippen LogP) is 0.576. The number of halogens is 1. The van der Waals surface area contributed by atoms with Gasteiger partial charge in [0, 0.05) is 6.04 Å². The second-order valence-electron chi connectivity index (χ2n) is 5.13. The van der Waals surface area contributed by atoms with Crippen LogP contribution in [0.25, 0.3) is 0 Å². The van der Waals surface area contributed by atoms with Gasteiger partial charge in [-0.1, -0.05) is 11.6 Å². The average molecular weight is 315 g/mol. The van der Waals surface area contributed by atoms with Crippen LogP contribution in [0.15, 0.2) is 11.0 Å². The number of hydrogen-bond donors (Lipinski definition) is 1. The maximum Gasteiger partial charge on any atom is 0.327 e. The third-order valence-corrected chi connectivity index (χ3v) is 3.93. The highest BCUT2D eigenvalue weighted by Gasteiger charge is 2.19. The topological polar surface area (TPSA) is 76.5 Å². The third kappa shape index (κ3) is 3.95. The normalized spacial score (nSPS) is 16.7. The summed E-state index contributed by atoms with van der Waals surface area (Å²) in [7, 11) is 3.34. The summed E-state index contributed by atoms with van der Waals surface area (Å²) in [6.45, 7) is 1.76. The molecule has 21 heavy (non-hydrogen) atoms. The Morgan fingerprint density at radius 3 is 2.81 bits per heavy atom. The van der Waals surface area contributed by atoms with E-state index in [0.29, 0.717) is 5.69 Å². The van der Waals surface area contributed by atoms with E-state index in [1.165, 1.54) is 13.3 Å². The lowest BCUT2D eigenvalue weighted by atomic mass is 10.1. The Kier molecular flexibility index (Phi) is 5.19. The molecule has 2 heterocycles. The van der Waals surface area contributed by atoms with Crippen molar-refractivity contribution in [3.63, 3.8) is 0 Å². The molecule has 116 valence electrons. The molecule has 1 aliphatic heterocycles. The Hall–Kier alpha value is -1.60. The van der Waals surface area contributed by atoms with Crippen LogP contribution in [0.2, 0.25) is 5.02 Å². The van der Waals surface area contributed by atoms with Crippen molar-refractivity contribution in [2.45, 2.75) is 25.4 Å². The molecule has 0 bridgehead atoms. The van der Waals surface area contributed by atoms with Crippen molar-refractivity contribution in [3.05, 3.63) is 21.6 Å². The van der Waals surface area contributed by atoms with E-state index in [1.807, 2.05) is 0 Å². The van der Waals surface area contributed by atoms with Gasteiger partial charge in [0.05, 0.1) is 19.0 Å². The number of aromatic nitrogens is 2. The van der Waals surface area contributed by atoms with Crippen LogP contribution in [0.4, 0.5) is 5.69 Å². The largest absolute Gasteiger partial charge is 0.468 e. The molecule has 1 aromatic heterocycles. The number of carbonyl (C=O) groups is 1. The lowest BCUT2D eigenvalue weighted by Gasteiger charge is -2.30. The molecule has 0 aromatic carbocycles. The van der Waals surface area contributed by atoms with Gasteiger partial charge in [-0.15, -0.1) is 0 Å². The number of nitrogens with zero attached hydrogens (tertiary/aromatic N) is 3. The van der Waals surface area contributed by atoms with Crippen LogP contribution in [0.5, 0.6) is 0 Å². The molecule has 0 unspecified atom stereocenters. The van der Waals surface area contributed by atoms with Crippen molar-refractivity contribution in [2.24, 2.45) is 0 Å². The minimum Gasteiger partial charge on any atom is -0.468 e. The second-order valence-corrected chi connectivity index (χ2v) is 5.51. The van der Waals surface area contributed by atoms with Gasteiger partial charge < -0.3 is 15.0 Å². The molecular weight excluding hydrogens is 296 g/mol. The van der Waals surface area contributed by atoms with Crippen molar-refractivity contribution in [2.75, 3.05) is 32.6 Å². The molecule has 1 aromatic rings. The number of nitrogens with one attached hydrogen (secondary N) is 1. The van der Waals surface area contributed by atoms with Gasteiger partial charge in [-0.05, 0) is 33.0 Å². The number of methoxy groups -OCH3 is 1. The number of hydrogen-bond acceptors (Lipinski definition) is 6. The Bertz CT molecular complexity index is 567. The summed E-state index contributed by atoms with van der Waals surface area (Å²) in [5, 5.41) is 7.26. The van der Waals surface area contributed by atoms with E-state index >= 15 is 0 Å². The number of likely N-dealkylation sites (tertiary alicyclic amines) is 1. The first-order chi connectivity index (χ1) is 10.0. The summed E-state index contributed by atoms with van der Waals surface area (Å²) in [6, 6.07) is 0.274. The Morgan fingerprint density at radius 1 is 1.52 bits per heavy atom. The van der Waals surface area contributed by atoms with Crippen LogP contribution >= 0.6 is 11.6 Å². The molecule has 1 fully saturated rings. The first-order valence-corrected chi connectivity index (χ1v) is 7.16. The SMILES string of the molecule is COC(=O)Cn1ncc(NC2CCN(C)CC2)c(Cl)c1=O. The standard InChI is InChI=1S/C13H19ClN4O3/c1-17-5-3-9(4-6-17)16-10-7-15-18(8-11(19)21-2)13(20)12(10)14/h7,9,16H,3-6,8H2,1-2H3. The molecule has 2 rings (SSSR count). The molecule has 8 heteroatoms. The zero-order chi connectivity index (χ0) is 15.4. The fourth-order valence-corrected chi connectivity index (χ4v) is 2.44. The summed E-state index contributed by atoms with van der Waals surface area (Å²) in [5.41, 5.74) is 0.0114. The minimum atomic E-state index is -0.545. The molecule has 1 N–H and O–H groups in total. The highest BCUT2D eigenvalue weighted by Crippen LogP contribution is 2.20. The highest BCUT2D eigenvalue weighted by molar-refractivity contribution is 6.32. The number of esters is 1. The number of anilines is 1. The minimum absolute atomic E-state index is 0.0489. The van der Waals surface area contributed by atoms with Gasteiger partial charge in [0.2, 0.25) is 0 Å². The number of ether oxygens (including phenoxy) is 1. The van der Waals surface area contributed by atoms with Crippen molar-refractivity contribution in [3.8, 4) is 0 Å². The Labute approximate surface area is 127 Å². The van der Waals surface area contributed by atoms with Crippen LogP contribution in [0.1, 0.15) is 12.8 Å². The fraction of sp³-hybridized carbons (Fsp3) is 0.615. The molecule has 7 nitrogen and oxygen atoms in total. The Morgan fingerprint density at radius 2 is 2.19 bits per heavy atom. The molecular formula is C13H19ClN4O3. The molecule has 0 amide bonds. The summed E-state index contributed by atoms with van der Waals surface area (Å²) in [6.07, 6.45) is 3.45. The summed E-state index contributed by atoms with van der Waals surface area (Å²) in [4.78, 5) is 25.5. The van der Waals surface area contributed by atoms with E-state index in [9.17, 15) is 9.59 Å².